The van der Waals surface area contributed by atoms with E-state index in [1.54, 1.807) is 12.3 Å². The van der Waals surface area contributed by atoms with Gasteiger partial charge in [-0.25, -0.2) is 4.39 Å². The highest BCUT2D eigenvalue weighted by Crippen LogP contribution is 2.37. The van der Waals surface area contributed by atoms with Crippen LogP contribution in [0.4, 0.5) is 10.1 Å². The van der Waals surface area contributed by atoms with E-state index in [2.05, 4.69) is 15.1 Å². The number of nitrogens with zero attached hydrogens (tertiary/aromatic N) is 4. The summed E-state index contributed by atoms with van der Waals surface area (Å²) in [5, 5.41) is 14.3. The van der Waals surface area contributed by atoms with Crippen LogP contribution in [0, 0.1) is 5.82 Å². The number of hydrogen-bond donors (Lipinski definition) is 1. The third-order valence-electron chi connectivity index (χ3n) is 4.47. The smallest absolute Gasteiger partial charge is 0.205 e. The van der Waals surface area contributed by atoms with Crippen LogP contribution >= 0.6 is 0 Å². The Morgan fingerprint density at radius 3 is 2.69 bits per heavy atom. The van der Waals surface area contributed by atoms with Crippen molar-refractivity contribution >= 4 is 16.7 Å². The second-order valence-electron chi connectivity index (χ2n) is 6.52. The minimum Gasteiger partial charge on any atom is -0.392 e. The number of benzene rings is 1. The highest BCUT2D eigenvalue weighted by atomic mass is 19.1. The van der Waals surface area contributed by atoms with Gasteiger partial charge in [0.05, 0.1) is 36.1 Å². The minimum atomic E-state index is -0.532. The normalized spacial score (nSPS) is 20.7. The monoisotopic (exact) mass is 358 g/mol. The molecule has 1 N–H and O–H groups in total. The molecule has 0 saturated carbocycles. The molecule has 2 aromatic heterocycles. The van der Waals surface area contributed by atoms with E-state index < -0.39 is 5.82 Å². The first-order valence-corrected chi connectivity index (χ1v) is 8.47. The summed E-state index contributed by atoms with van der Waals surface area (Å²) in [6.07, 6.45) is 4.54. The summed E-state index contributed by atoms with van der Waals surface area (Å²) in [5.41, 5.74) is 1.74. The standard InChI is InChI=1S/C18H19FN4O3/c1-10-7-23(8-11(2)25-10)17-12(9-24)5-13-16(14-6-20-3-4-21-14)22-26-18(13)15(17)19/h3-6,10-11,24H,7-9H2,1-2H3/t10-,11-/m1/s1. The summed E-state index contributed by atoms with van der Waals surface area (Å²) in [6, 6.07) is 1.71. The number of aliphatic hydroxyl groups is 1. The molecule has 0 unspecified atom stereocenters. The Morgan fingerprint density at radius 2 is 2.04 bits per heavy atom. The van der Waals surface area contributed by atoms with Crippen LogP contribution in [-0.2, 0) is 11.3 Å². The summed E-state index contributed by atoms with van der Waals surface area (Å²) in [6.45, 7) is 4.65. The van der Waals surface area contributed by atoms with Crippen molar-refractivity contribution in [3.05, 3.63) is 36.0 Å². The van der Waals surface area contributed by atoms with Crippen LogP contribution in [0.1, 0.15) is 19.4 Å². The molecule has 0 spiro atoms. The fourth-order valence-electron chi connectivity index (χ4n) is 3.51. The van der Waals surface area contributed by atoms with Crippen LogP contribution < -0.4 is 4.90 Å². The lowest BCUT2D eigenvalue weighted by molar-refractivity contribution is -0.00549. The zero-order valence-corrected chi connectivity index (χ0v) is 14.5. The lowest BCUT2D eigenvalue weighted by Gasteiger charge is -2.37. The summed E-state index contributed by atoms with van der Waals surface area (Å²) in [5.74, 6) is -0.532. The number of aromatic nitrogens is 3. The molecule has 7 nitrogen and oxygen atoms in total. The van der Waals surface area contributed by atoms with E-state index in [9.17, 15) is 5.11 Å². The fraction of sp³-hybridized carbons (Fsp3) is 0.389. The number of hydrogen-bond acceptors (Lipinski definition) is 7. The van der Waals surface area contributed by atoms with Gasteiger partial charge in [0.2, 0.25) is 5.58 Å². The Kier molecular flexibility index (Phi) is 4.29. The van der Waals surface area contributed by atoms with Gasteiger partial charge in [0.25, 0.3) is 0 Å². The average Bonchev–Trinajstić information content (AvgIpc) is 3.05. The topological polar surface area (TPSA) is 84.5 Å². The first kappa shape index (κ1) is 16.9. The SMILES string of the molecule is C[C@@H]1CN(c2c(CO)cc3c(-c4cnccn4)noc3c2F)C[C@@H](C)O1. The van der Waals surface area contributed by atoms with Gasteiger partial charge >= 0.3 is 0 Å². The molecule has 4 rings (SSSR count). The van der Waals surface area contributed by atoms with Gasteiger partial charge in [-0.15, -0.1) is 0 Å². The van der Waals surface area contributed by atoms with E-state index in [0.29, 0.717) is 41.1 Å². The molecule has 1 saturated heterocycles. The summed E-state index contributed by atoms with van der Waals surface area (Å²) in [4.78, 5) is 10.1. The third-order valence-corrected chi connectivity index (χ3v) is 4.47. The lowest BCUT2D eigenvalue weighted by atomic mass is 10.0. The quantitative estimate of drug-likeness (QED) is 0.770. The van der Waals surface area contributed by atoms with Gasteiger partial charge in [-0.2, -0.15) is 0 Å². The van der Waals surface area contributed by atoms with Crippen molar-refractivity contribution in [2.75, 3.05) is 18.0 Å². The Labute approximate surface area is 149 Å². The first-order valence-electron chi connectivity index (χ1n) is 8.47. The average molecular weight is 358 g/mol. The summed E-state index contributed by atoms with van der Waals surface area (Å²) in [7, 11) is 0. The van der Waals surface area contributed by atoms with Crippen LogP contribution in [-0.4, -0.2) is 45.5 Å². The van der Waals surface area contributed by atoms with Crippen LogP contribution in [0.15, 0.2) is 29.2 Å². The lowest BCUT2D eigenvalue weighted by Crippen LogP contribution is -2.46. The number of ether oxygens (including phenoxy) is 1. The van der Waals surface area contributed by atoms with Gasteiger partial charge in [0.1, 0.15) is 11.4 Å². The van der Waals surface area contributed by atoms with Crippen LogP contribution in [0.3, 0.4) is 0 Å². The number of aliphatic hydroxyl groups excluding tert-OH is 1. The molecule has 1 fully saturated rings. The van der Waals surface area contributed by atoms with Gasteiger partial charge in [0, 0.05) is 31.0 Å². The summed E-state index contributed by atoms with van der Waals surface area (Å²) >= 11 is 0. The zero-order valence-electron chi connectivity index (χ0n) is 14.5. The molecule has 0 aliphatic carbocycles. The maximum atomic E-state index is 15.3. The fourth-order valence-corrected chi connectivity index (χ4v) is 3.51. The third kappa shape index (κ3) is 2.81. The molecule has 0 bridgehead atoms. The molecular formula is C18H19FN4O3. The van der Waals surface area contributed by atoms with Gasteiger partial charge in [-0.3, -0.25) is 9.97 Å². The molecule has 0 radical (unpaired) electrons. The van der Waals surface area contributed by atoms with Crippen LogP contribution in [0.5, 0.6) is 0 Å². The van der Waals surface area contributed by atoms with E-state index in [1.807, 2.05) is 18.7 Å². The van der Waals surface area contributed by atoms with Gasteiger partial charge < -0.3 is 19.3 Å². The van der Waals surface area contributed by atoms with Crippen molar-refractivity contribution in [1.82, 2.24) is 15.1 Å². The first-order chi connectivity index (χ1) is 12.6. The Balaban J connectivity index is 1.86. The number of fused-ring (bicyclic) bond motifs is 1. The summed E-state index contributed by atoms with van der Waals surface area (Å²) < 4.78 is 26.3. The number of halogens is 1. The van der Waals surface area contributed by atoms with E-state index >= 15 is 4.39 Å². The van der Waals surface area contributed by atoms with Crippen molar-refractivity contribution < 1.29 is 18.8 Å². The Bertz CT molecular complexity index is 921. The number of anilines is 1. The Hall–Kier alpha value is -2.58. The molecule has 136 valence electrons. The molecule has 1 aliphatic rings. The molecule has 26 heavy (non-hydrogen) atoms. The largest absolute Gasteiger partial charge is 0.392 e. The predicted molar refractivity (Wildman–Crippen MR) is 93.1 cm³/mol. The molecule has 1 aliphatic heterocycles. The molecule has 3 heterocycles. The maximum absolute atomic E-state index is 15.3. The van der Waals surface area contributed by atoms with Crippen molar-refractivity contribution in [1.29, 1.82) is 0 Å². The van der Waals surface area contributed by atoms with E-state index in [1.165, 1.54) is 12.4 Å². The number of rotatable bonds is 3. The molecule has 1 aromatic carbocycles. The molecular weight excluding hydrogens is 339 g/mol. The molecule has 0 amide bonds. The minimum absolute atomic E-state index is 0.0368. The van der Waals surface area contributed by atoms with Crippen LogP contribution in [0.2, 0.25) is 0 Å². The van der Waals surface area contributed by atoms with Crippen molar-refractivity contribution in [3.8, 4) is 11.4 Å². The van der Waals surface area contributed by atoms with E-state index in [4.69, 9.17) is 9.26 Å². The molecule has 3 aromatic rings. The van der Waals surface area contributed by atoms with E-state index in [-0.39, 0.29) is 24.4 Å². The second-order valence-corrected chi connectivity index (χ2v) is 6.52. The van der Waals surface area contributed by atoms with Crippen molar-refractivity contribution in [3.63, 3.8) is 0 Å². The van der Waals surface area contributed by atoms with Crippen LogP contribution in [0.25, 0.3) is 22.4 Å². The highest BCUT2D eigenvalue weighted by Gasteiger charge is 2.29. The highest BCUT2D eigenvalue weighted by molar-refractivity contribution is 5.94. The van der Waals surface area contributed by atoms with Gasteiger partial charge in [0.15, 0.2) is 5.82 Å². The Morgan fingerprint density at radius 1 is 1.27 bits per heavy atom. The second kappa shape index (κ2) is 6.62. The van der Waals surface area contributed by atoms with Gasteiger partial charge in [-0.1, -0.05) is 5.16 Å². The van der Waals surface area contributed by atoms with Gasteiger partial charge in [-0.05, 0) is 19.9 Å². The van der Waals surface area contributed by atoms with Crippen molar-refractivity contribution in [2.24, 2.45) is 0 Å². The molecule has 2 atom stereocenters. The van der Waals surface area contributed by atoms with Crippen molar-refractivity contribution in [2.45, 2.75) is 32.7 Å². The number of morpholine rings is 1. The molecule has 8 heteroatoms. The van der Waals surface area contributed by atoms with E-state index in [0.717, 1.165) is 0 Å². The maximum Gasteiger partial charge on any atom is 0.205 e. The predicted octanol–water partition coefficient (Wildman–Crippen LogP) is 2.53. The zero-order chi connectivity index (χ0) is 18.3.